The lowest BCUT2D eigenvalue weighted by Gasteiger charge is -2.55. The number of carbonyl (C=O) groups is 2. The maximum atomic E-state index is 12.2. The summed E-state index contributed by atoms with van der Waals surface area (Å²) in [5.74, 6) is 1.51. The van der Waals surface area contributed by atoms with Crippen LogP contribution in [0.5, 0.6) is 0 Å². The minimum Gasteiger partial charge on any atom is -0.389 e. The molecule has 0 aromatic heterocycles. The smallest absolute Gasteiger partial charge is 0.315 e. The Kier molecular flexibility index (Phi) is 6.65. The van der Waals surface area contributed by atoms with Gasteiger partial charge in [-0.1, -0.05) is 43.7 Å². The summed E-state index contributed by atoms with van der Waals surface area (Å²) in [6.45, 7) is 8.88. The summed E-state index contributed by atoms with van der Waals surface area (Å²) in [6, 6.07) is 8.66. The first-order valence-electron chi connectivity index (χ1n) is 14.0. The second-order valence-corrected chi connectivity index (χ2v) is 12.1. The molecule has 5 rings (SSSR count). The molecule has 2 saturated carbocycles. The van der Waals surface area contributed by atoms with Crippen molar-refractivity contribution in [2.24, 2.45) is 17.3 Å². The summed E-state index contributed by atoms with van der Waals surface area (Å²) < 4.78 is 0. The Hall–Kier alpha value is -2.40. The third kappa shape index (κ3) is 4.23. The van der Waals surface area contributed by atoms with Crippen molar-refractivity contribution in [3.05, 3.63) is 58.2 Å². The molecule has 0 heterocycles. The van der Waals surface area contributed by atoms with Crippen LogP contribution < -0.4 is 10.6 Å². The largest absolute Gasteiger partial charge is 0.389 e. The zero-order chi connectivity index (χ0) is 25.7. The van der Waals surface area contributed by atoms with Crippen LogP contribution in [0.1, 0.15) is 96.1 Å². The summed E-state index contributed by atoms with van der Waals surface area (Å²) in [5, 5.41) is 17.6. The Bertz CT molecular complexity index is 1100. The lowest BCUT2D eigenvalue weighted by atomic mass is 9.51. The molecule has 1 aromatic carbocycles. The third-order valence-corrected chi connectivity index (χ3v) is 9.90. The van der Waals surface area contributed by atoms with Gasteiger partial charge < -0.3 is 15.7 Å². The highest BCUT2D eigenvalue weighted by Gasteiger charge is 2.62. The standard InChI is InChI=1S/C31H42N2O3/c1-5-31(36)15-14-27-25-12-10-22-16-23(34)11-13-24(22)28(25)26(17-30(27,31)4)21-8-6-20(7-9-21)18-32-29(35)33-19(2)3/h6-9,16,19,25-27,36H,5,10-15,17-18H2,1-4H3,(H2,32,33,35)/t25?,26-,27?,30?,31?/m1/s1. The molecule has 0 saturated heterocycles. The van der Waals surface area contributed by atoms with Gasteiger partial charge in [0.1, 0.15) is 0 Å². The Morgan fingerprint density at radius 3 is 2.58 bits per heavy atom. The molecular weight excluding hydrogens is 448 g/mol. The normalized spacial score (nSPS) is 33.6. The Labute approximate surface area is 215 Å². The van der Waals surface area contributed by atoms with E-state index in [1.807, 2.05) is 19.9 Å². The number of aliphatic hydroxyl groups is 1. The van der Waals surface area contributed by atoms with Crippen LogP contribution in [0.15, 0.2) is 47.1 Å². The number of allylic oxidation sites excluding steroid dienone is 4. The number of fused-ring (bicyclic) bond motifs is 4. The van der Waals surface area contributed by atoms with E-state index in [2.05, 4.69) is 48.7 Å². The van der Waals surface area contributed by atoms with Gasteiger partial charge in [0, 0.05) is 30.3 Å². The molecule has 3 N–H and O–H groups in total. The highest BCUT2D eigenvalue weighted by atomic mass is 16.3. The molecule has 0 aliphatic heterocycles. The first-order chi connectivity index (χ1) is 17.1. The van der Waals surface area contributed by atoms with Gasteiger partial charge in [-0.05, 0) is 99.0 Å². The highest BCUT2D eigenvalue weighted by molar-refractivity contribution is 5.93. The zero-order valence-corrected chi connectivity index (χ0v) is 22.3. The average molecular weight is 491 g/mol. The van der Waals surface area contributed by atoms with Gasteiger partial charge in [-0.15, -0.1) is 0 Å². The van der Waals surface area contributed by atoms with Gasteiger partial charge in [0.15, 0.2) is 5.78 Å². The number of nitrogens with one attached hydrogen (secondary N) is 2. The number of benzene rings is 1. The number of urea groups is 1. The first kappa shape index (κ1) is 25.3. The quantitative estimate of drug-likeness (QED) is 0.478. The molecule has 5 heteroatoms. The first-order valence-corrected chi connectivity index (χ1v) is 14.0. The van der Waals surface area contributed by atoms with Crippen LogP contribution >= 0.6 is 0 Å². The molecule has 5 nitrogen and oxygen atoms in total. The molecule has 36 heavy (non-hydrogen) atoms. The van der Waals surface area contributed by atoms with Crippen molar-refractivity contribution in [1.29, 1.82) is 0 Å². The fourth-order valence-electron chi connectivity index (χ4n) is 8.00. The molecule has 5 atom stereocenters. The van der Waals surface area contributed by atoms with Gasteiger partial charge in [-0.3, -0.25) is 4.79 Å². The summed E-state index contributed by atoms with van der Waals surface area (Å²) in [6.07, 6.45) is 9.20. The predicted molar refractivity (Wildman–Crippen MR) is 142 cm³/mol. The van der Waals surface area contributed by atoms with Gasteiger partial charge in [0.05, 0.1) is 5.60 Å². The van der Waals surface area contributed by atoms with Gasteiger partial charge >= 0.3 is 6.03 Å². The van der Waals surface area contributed by atoms with E-state index in [0.717, 1.165) is 50.5 Å². The van der Waals surface area contributed by atoms with Crippen LogP contribution in [-0.2, 0) is 11.3 Å². The van der Waals surface area contributed by atoms with Gasteiger partial charge in [-0.2, -0.15) is 0 Å². The zero-order valence-electron chi connectivity index (χ0n) is 22.3. The van der Waals surface area contributed by atoms with Crippen LogP contribution in [0.2, 0.25) is 0 Å². The van der Waals surface area contributed by atoms with E-state index in [9.17, 15) is 14.7 Å². The second-order valence-electron chi connectivity index (χ2n) is 12.1. The maximum Gasteiger partial charge on any atom is 0.315 e. The molecule has 4 aliphatic rings. The van der Waals surface area contributed by atoms with Crippen molar-refractivity contribution < 1.29 is 14.7 Å². The second kappa shape index (κ2) is 9.48. The third-order valence-electron chi connectivity index (χ3n) is 9.90. The van der Waals surface area contributed by atoms with Crippen molar-refractivity contribution in [1.82, 2.24) is 10.6 Å². The van der Waals surface area contributed by atoms with Crippen molar-refractivity contribution in [3.8, 4) is 0 Å². The molecule has 1 aromatic rings. The highest BCUT2D eigenvalue weighted by Crippen LogP contribution is 2.67. The molecular formula is C31H42N2O3. The average Bonchev–Trinajstić information content (AvgIpc) is 3.12. The van der Waals surface area contributed by atoms with E-state index >= 15 is 0 Å². The van der Waals surface area contributed by atoms with Crippen LogP contribution in [-0.4, -0.2) is 28.6 Å². The summed E-state index contributed by atoms with van der Waals surface area (Å²) in [7, 11) is 0. The molecule has 0 spiro atoms. The fraction of sp³-hybridized carbons (Fsp3) is 0.613. The van der Waals surface area contributed by atoms with Crippen molar-refractivity contribution in [2.75, 3.05) is 0 Å². The van der Waals surface area contributed by atoms with Crippen LogP contribution in [0.25, 0.3) is 0 Å². The van der Waals surface area contributed by atoms with Crippen LogP contribution in [0, 0.1) is 17.3 Å². The Balaban J connectivity index is 1.49. The number of rotatable bonds is 5. The SMILES string of the molecule is CCC1(O)CCC2C3CCC4=CC(=O)CCC4=C3[C@@H](c3ccc(CNC(=O)NC(C)C)cc3)CC21C. The number of amides is 2. The monoisotopic (exact) mass is 490 g/mol. The molecule has 194 valence electrons. The maximum absolute atomic E-state index is 12.2. The minimum absolute atomic E-state index is 0.105. The van der Waals surface area contributed by atoms with Crippen molar-refractivity contribution in [2.45, 2.75) is 103 Å². The fourth-order valence-corrected chi connectivity index (χ4v) is 8.00. The van der Waals surface area contributed by atoms with Crippen LogP contribution in [0.3, 0.4) is 0 Å². The van der Waals surface area contributed by atoms with Gasteiger partial charge in [0.2, 0.25) is 0 Å². The molecule has 2 fully saturated rings. The summed E-state index contributed by atoms with van der Waals surface area (Å²) >= 11 is 0. The number of hydrogen-bond donors (Lipinski definition) is 3. The molecule has 0 radical (unpaired) electrons. The van der Waals surface area contributed by atoms with Crippen molar-refractivity contribution >= 4 is 11.8 Å². The number of hydrogen-bond acceptors (Lipinski definition) is 3. The number of ketones is 1. The van der Waals surface area contributed by atoms with Crippen LogP contribution in [0.4, 0.5) is 4.79 Å². The molecule has 0 bridgehead atoms. The van der Waals surface area contributed by atoms with Crippen molar-refractivity contribution in [3.63, 3.8) is 0 Å². The minimum atomic E-state index is -0.613. The van der Waals surface area contributed by atoms with E-state index in [1.54, 1.807) is 5.57 Å². The lowest BCUT2D eigenvalue weighted by Crippen LogP contribution is -2.51. The molecule has 4 unspecified atom stereocenters. The van der Waals surface area contributed by atoms with E-state index in [-0.39, 0.29) is 29.2 Å². The Morgan fingerprint density at radius 1 is 1.14 bits per heavy atom. The summed E-state index contributed by atoms with van der Waals surface area (Å²) in [4.78, 5) is 24.2. The lowest BCUT2D eigenvalue weighted by molar-refractivity contribution is -0.114. The van der Waals surface area contributed by atoms with E-state index in [0.29, 0.717) is 24.8 Å². The molecule has 4 aliphatic carbocycles. The van der Waals surface area contributed by atoms with E-state index < -0.39 is 5.60 Å². The topological polar surface area (TPSA) is 78.4 Å². The van der Waals surface area contributed by atoms with E-state index in [1.165, 1.54) is 16.7 Å². The Morgan fingerprint density at radius 2 is 1.89 bits per heavy atom. The summed E-state index contributed by atoms with van der Waals surface area (Å²) in [5.41, 5.74) is 5.92. The predicted octanol–water partition coefficient (Wildman–Crippen LogP) is 5.93. The van der Waals surface area contributed by atoms with Gasteiger partial charge in [-0.25, -0.2) is 4.79 Å². The van der Waals surface area contributed by atoms with Gasteiger partial charge in [0.25, 0.3) is 0 Å². The van der Waals surface area contributed by atoms with E-state index in [4.69, 9.17) is 0 Å². The number of carbonyl (C=O) groups excluding carboxylic acids is 2. The molecule has 2 amide bonds.